The lowest BCUT2D eigenvalue weighted by Crippen LogP contribution is -2.34. The molecule has 0 aromatic heterocycles. The van der Waals surface area contributed by atoms with Gasteiger partial charge in [0, 0.05) is 30.2 Å². The second kappa shape index (κ2) is 13.6. The zero-order valence-electron chi connectivity index (χ0n) is 23.7. The van der Waals surface area contributed by atoms with Crippen LogP contribution >= 0.6 is 11.6 Å². The van der Waals surface area contributed by atoms with E-state index in [0.29, 0.717) is 50.0 Å². The van der Waals surface area contributed by atoms with Gasteiger partial charge in [0.1, 0.15) is 0 Å². The van der Waals surface area contributed by atoms with Gasteiger partial charge in [-0.15, -0.1) is 0 Å². The fourth-order valence-electron chi connectivity index (χ4n) is 5.08. The third kappa shape index (κ3) is 7.39. The van der Waals surface area contributed by atoms with Crippen LogP contribution in [0.25, 0.3) is 0 Å². The molecular weight excluding hydrogens is 542 g/mol. The Morgan fingerprint density at radius 1 is 0.950 bits per heavy atom. The number of amides is 2. The molecule has 0 saturated carbocycles. The van der Waals surface area contributed by atoms with E-state index in [0.717, 1.165) is 31.6 Å². The van der Waals surface area contributed by atoms with Crippen LogP contribution in [0.15, 0.2) is 76.5 Å². The topological polar surface area (TPSA) is 69.7 Å². The highest BCUT2D eigenvalue weighted by molar-refractivity contribution is 7.85. The summed E-state index contributed by atoms with van der Waals surface area (Å²) in [5.41, 5.74) is 2.11. The van der Waals surface area contributed by atoms with Gasteiger partial charge < -0.3 is 15.1 Å². The van der Waals surface area contributed by atoms with E-state index in [1.807, 2.05) is 12.1 Å². The van der Waals surface area contributed by atoms with Crippen LogP contribution in [0.3, 0.4) is 0 Å². The number of benzene rings is 3. The van der Waals surface area contributed by atoms with E-state index >= 15 is 0 Å². The van der Waals surface area contributed by atoms with Crippen molar-refractivity contribution in [2.45, 2.75) is 50.5 Å². The van der Waals surface area contributed by atoms with Crippen LogP contribution in [-0.2, 0) is 17.3 Å². The maximum atomic E-state index is 13.8. The fourth-order valence-corrected chi connectivity index (χ4v) is 6.63. The number of carbonyl (C=O) groups excluding carboxylic acids is 2. The van der Waals surface area contributed by atoms with Crippen LogP contribution in [0.5, 0.6) is 0 Å². The molecule has 4 rings (SSSR count). The third-order valence-electron chi connectivity index (χ3n) is 6.69. The standard InChI is InChI=1S/C32H38ClN3O3S/c1-22(2)19-35(20-23(3)4)16-8-15-34-31(37)25-13-14-30-28(18-25)36(21-24-9-7-10-26(33)17-24)32(38)27-11-5-6-12-29(27)40(30)39/h5-7,9-14,17-18,22-23H,8,15-16,19-21H2,1-4H3,(H,34,37)/t40-/m1/s1. The van der Waals surface area contributed by atoms with E-state index in [-0.39, 0.29) is 18.4 Å². The average molecular weight is 580 g/mol. The summed E-state index contributed by atoms with van der Waals surface area (Å²) in [6.45, 7) is 12.6. The Bertz CT molecular complexity index is 1380. The van der Waals surface area contributed by atoms with Crippen molar-refractivity contribution in [1.82, 2.24) is 10.2 Å². The Morgan fingerprint density at radius 2 is 1.68 bits per heavy atom. The maximum absolute atomic E-state index is 13.8. The largest absolute Gasteiger partial charge is 0.352 e. The van der Waals surface area contributed by atoms with Crippen molar-refractivity contribution < 1.29 is 13.8 Å². The smallest absolute Gasteiger partial charge is 0.259 e. The number of halogens is 1. The van der Waals surface area contributed by atoms with Crippen LogP contribution in [0.2, 0.25) is 5.02 Å². The van der Waals surface area contributed by atoms with Crippen LogP contribution in [-0.4, -0.2) is 47.1 Å². The Morgan fingerprint density at radius 3 is 2.38 bits per heavy atom. The molecule has 0 unspecified atom stereocenters. The molecule has 2 amide bonds. The number of rotatable bonds is 11. The molecule has 0 aliphatic carbocycles. The quantitative estimate of drug-likeness (QED) is 0.267. The van der Waals surface area contributed by atoms with Gasteiger partial charge in [-0.1, -0.05) is 63.6 Å². The first-order valence-electron chi connectivity index (χ1n) is 13.9. The fraction of sp³-hybridized carbons (Fsp3) is 0.375. The lowest BCUT2D eigenvalue weighted by atomic mass is 10.1. The molecule has 0 spiro atoms. The van der Waals surface area contributed by atoms with E-state index in [9.17, 15) is 13.8 Å². The molecule has 0 saturated heterocycles. The first-order chi connectivity index (χ1) is 19.1. The molecule has 3 aromatic carbocycles. The molecule has 0 bridgehead atoms. The summed E-state index contributed by atoms with van der Waals surface area (Å²) in [6, 6.07) is 19.3. The minimum Gasteiger partial charge on any atom is -0.352 e. The van der Waals surface area contributed by atoms with Gasteiger partial charge in [0.05, 0.1) is 38.4 Å². The molecule has 1 heterocycles. The molecular formula is C32H38ClN3O3S. The highest BCUT2D eigenvalue weighted by Crippen LogP contribution is 2.36. The Labute approximate surface area is 245 Å². The third-order valence-corrected chi connectivity index (χ3v) is 8.42. The molecule has 1 atom stereocenters. The molecule has 1 aliphatic heterocycles. The zero-order chi connectivity index (χ0) is 28.8. The summed E-state index contributed by atoms with van der Waals surface area (Å²) in [7, 11) is -1.58. The van der Waals surface area contributed by atoms with E-state index in [1.165, 1.54) is 0 Å². The maximum Gasteiger partial charge on any atom is 0.259 e. The lowest BCUT2D eigenvalue weighted by molar-refractivity contribution is 0.0947. The molecule has 0 fully saturated rings. The van der Waals surface area contributed by atoms with Crippen molar-refractivity contribution in [3.8, 4) is 0 Å². The average Bonchev–Trinajstić information content (AvgIpc) is 2.99. The first kappa shape index (κ1) is 30.0. The Hall–Kier alpha value is -3.00. The number of fused-ring (bicyclic) bond motifs is 2. The number of nitrogens with zero attached hydrogens (tertiary/aromatic N) is 2. The van der Waals surface area contributed by atoms with Crippen LogP contribution in [0.1, 0.15) is 60.4 Å². The van der Waals surface area contributed by atoms with Gasteiger partial charge in [-0.2, -0.15) is 0 Å². The highest BCUT2D eigenvalue weighted by Gasteiger charge is 2.31. The summed E-state index contributed by atoms with van der Waals surface area (Å²) < 4.78 is 13.6. The summed E-state index contributed by atoms with van der Waals surface area (Å²) >= 11 is 6.22. The normalized spacial score (nSPS) is 14.8. The summed E-state index contributed by atoms with van der Waals surface area (Å²) in [4.78, 5) is 32.0. The monoisotopic (exact) mass is 579 g/mol. The minimum atomic E-state index is -1.58. The van der Waals surface area contributed by atoms with Gasteiger partial charge in [0.2, 0.25) is 0 Å². The predicted molar refractivity (Wildman–Crippen MR) is 163 cm³/mol. The Balaban J connectivity index is 1.56. The number of nitrogens with one attached hydrogen (secondary N) is 1. The minimum absolute atomic E-state index is 0.218. The van der Waals surface area contributed by atoms with Gasteiger partial charge in [0.15, 0.2) is 0 Å². The second-order valence-corrected chi connectivity index (χ2v) is 13.0. The van der Waals surface area contributed by atoms with Gasteiger partial charge in [-0.05, 0) is 72.8 Å². The SMILES string of the molecule is CC(C)CN(CCCNC(=O)c1ccc2c(c1)N(Cc1cccc(Cl)c1)C(=O)c1ccccc1[S@]2=O)CC(C)C. The van der Waals surface area contributed by atoms with Gasteiger partial charge in [-0.3, -0.25) is 9.59 Å². The summed E-state index contributed by atoms with van der Waals surface area (Å²) in [5.74, 6) is 0.685. The van der Waals surface area contributed by atoms with Gasteiger partial charge in [-0.25, -0.2) is 4.21 Å². The molecule has 1 aliphatic rings. The highest BCUT2D eigenvalue weighted by atomic mass is 35.5. The van der Waals surface area contributed by atoms with Gasteiger partial charge in [0.25, 0.3) is 11.8 Å². The molecule has 0 radical (unpaired) electrons. The van der Waals surface area contributed by atoms with E-state index in [1.54, 1.807) is 59.5 Å². The van der Waals surface area contributed by atoms with Crippen molar-refractivity contribution in [2.24, 2.45) is 11.8 Å². The molecule has 40 heavy (non-hydrogen) atoms. The number of anilines is 1. The Kier molecular flexibility index (Phi) is 10.2. The lowest BCUT2D eigenvalue weighted by Gasteiger charge is -2.26. The predicted octanol–water partition coefficient (Wildman–Crippen LogP) is 6.40. The molecule has 6 nitrogen and oxygen atoms in total. The molecule has 1 N–H and O–H groups in total. The van der Waals surface area contributed by atoms with Crippen molar-refractivity contribution in [3.63, 3.8) is 0 Å². The van der Waals surface area contributed by atoms with Crippen molar-refractivity contribution in [3.05, 3.63) is 88.4 Å². The van der Waals surface area contributed by atoms with Crippen LogP contribution < -0.4 is 10.2 Å². The summed E-state index contributed by atoms with van der Waals surface area (Å²) in [5, 5.41) is 3.60. The summed E-state index contributed by atoms with van der Waals surface area (Å²) in [6.07, 6.45) is 0.842. The number of hydrogen-bond donors (Lipinski definition) is 1. The second-order valence-electron chi connectivity index (χ2n) is 11.1. The van der Waals surface area contributed by atoms with Crippen molar-refractivity contribution in [2.75, 3.05) is 31.1 Å². The zero-order valence-corrected chi connectivity index (χ0v) is 25.2. The molecule has 3 aromatic rings. The van der Waals surface area contributed by atoms with Crippen LogP contribution in [0.4, 0.5) is 5.69 Å². The van der Waals surface area contributed by atoms with E-state index in [4.69, 9.17) is 11.6 Å². The molecule has 212 valence electrons. The van der Waals surface area contributed by atoms with Gasteiger partial charge >= 0.3 is 0 Å². The number of hydrogen-bond acceptors (Lipinski definition) is 4. The van der Waals surface area contributed by atoms with Crippen molar-refractivity contribution in [1.29, 1.82) is 0 Å². The van der Waals surface area contributed by atoms with E-state index < -0.39 is 10.8 Å². The van der Waals surface area contributed by atoms with Crippen LogP contribution in [0, 0.1) is 11.8 Å². The number of carbonyl (C=O) groups is 2. The molecule has 8 heteroatoms. The first-order valence-corrected chi connectivity index (χ1v) is 15.4. The van der Waals surface area contributed by atoms with Crippen molar-refractivity contribution >= 4 is 39.9 Å². The van der Waals surface area contributed by atoms with E-state index in [2.05, 4.69) is 37.9 Å².